The number of aromatic nitrogens is 1. The van der Waals surface area contributed by atoms with Crippen molar-refractivity contribution >= 4 is 22.6 Å². The predicted octanol–water partition coefficient (Wildman–Crippen LogP) is 0.704. The summed E-state index contributed by atoms with van der Waals surface area (Å²) in [6.45, 7) is 0. The van der Waals surface area contributed by atoms with Gasteiger partial charge < -0.3 is 21.6 Å². The lowest BCUT2D eigenvalue weighted by Gasteiger charge is -2.05. The van der Waals surface area contributed by atoms with Gasteiger partial charge in [-0.3, -0.25) is 4.79 Å². The quantitative estimate of drug-likeness (QED) is 0.570. The molecule has 1 aromatic heterocycles. The number of hydrogen-bond donors (Lipinski definition) is 4. The van der Waals surface area contributed by atoms with E-state index in [9.17, 15) is 4.79 Å². The fourth-order valence-electron chi connectivity index (χ4n) is 1.77. The van der Waals surface area contributed by atoms with Gasteiger partial charge in [-0.25, -0.2) is 0 Å². The van der Waals surface area contributed by atoms with Crippen molar-refractivity contribution in [2.75, 3.05) is 5.73 Å². The first-order valence-corrected chi connectivity index (χ1v) is 4.92. The summed E-state index contributed by atoms with van der Waals surface area (Å²) < 4.78 is 0. The Balaban J connectivity index is 2.42. The summed E-state index contributed by atoms with van der Waals surface area (Å²) in [5, 5.41) is 9.62. The maximum absolute atomic E-state index is 10.7. The Hall–Kier alpha value is -2.01. The van der Waals surface area contributed by atoms with Gasteiger partial charge in [0.25, 0.3) is 0 Å². The van der Waals surface area contributed by atoms with E-state index in [2.05, 4.69) is 4.98 Å². The summed E-state index contributed by atoms with van der Waals surface area (Å²) >= 11 is 0. The molecule has 6 N–H and O–H groups in total. The minimum absolute atomic E-state index is 0.267. The van der Waals surface area contributed by atoms with Crippen molar-refractivity contribution in [1.29, 1.82) is 0 Å². The molecule has 1 aromatic carbocycles. The number of nitrogens with two attached hydrogens (primary N) is 2. The van der Waals surface area contributed by atoms with Gasteiger partial charge in [0, 0.05) is 29.2 Å². The van der Waals surface area contributed by atoms with Gasteiger partial charge in [0.15, 0.2) is 0 Å². The first-order chi connectivity index (χ1) is 7.59. The zero-order chi connectivity index (χ0) is 11.7. The van der Waals surface area contributed by atoms with E-state index in [-0.39, 0.29) is 6.42 Å². The summed E-state index contributed by atoms with van der Waals surface area (Å²) in [6.07, 6.45) is 2.02. The van der Waals surface area contributed by atoms with Gasteiger partial charge in [-0.1, -0.05) is 6.07 Å². The maximum atomic E-state index is 10.7. The van der Waals surface area contributed by atoms with Crippen LogP contribution in [0.15, 0.2) is 24.4 Å². The number of benzene rings is 1. The molecule has 0 aliphatic rings. The lowest BCUT2D eigenvalue weighted by atomic mass is 10.0. The SMILES string of the molecule is Nc1cccc2[nH]cc(C[C@@H](N)C(=O)O)c12. The molecule has 0 radical (unpaired) electrons. The van der Waals surface area contributed by atoms with E-state index in [1.165, 1.54) is 0 Å². The Morgan fingerprint density at radius 1 is 1.50 bits per heavy atom. The lowest BCUT2D eigenvalue weighted by molar-refractivity contribution is -0.138. The molecule has 1 atom stereocenters. The summed E-state index contributed by atoms with van der Waals surface area (Å²) in [4.78, 5) is 13.7. The van der Waals surface area contributed by atoms with Crippen LogP contribution in [-0.4, -0.2) is 22.1 Å². The molecule has 0 spiro atoms. The number of hydrogen-bond acceptors (Lipinski definition) is 3. The Morgan fingerprint density at radius 3 is 2.94 bits per heavy atom. The summed E-state index contributed by atoms with van der Waals surface area (Å²) in [7, 11) is 0. The molecule has 0 saturated carbocycles. The molecule has 0 amide bonds. The largest absolute Gasteiger partial charge is 0.480 e. The van der Waals surface area contributed by atoms with Gasteiger partial charge in [0.2, 0.25) is 0 Å². The number of carbonyl (C=O) groups is 1. The van der Waals surface area contributed by atoms with Crippen molar-refractivity contribution in [3.8, 4) is 0 Å². The summed E-state index contributed by atoms with van der Waals surface area (Å²) in [5.74, 6) is -1.01. The van der Waals surface area contributed by atoms with E-state index < -0.39 is 12.0 Å². The van der Waals surface area contributed by atoms with Gasteiger partial charge in [-0.2, -0.15) is 0 Å². The topological polar surface area (TPSA) is 105 Å². The summed E-state index contributed by atoms with van der Waals surface area (Å²) in [5.41, 5.74) is 13.7. The standard InChI is InChI=1S/C11H13N3O2/c12-7-2-1-3-9-10(7)6(5-14-9)4-8(13)11(15)16/h1-3,5,8,14H,4,12-13H2,(H,15,16)/t8-/m1/s1. The smallest absolute Gasteiger partial charge is 0.320 e. The number of carboxylic acids is 1. The molecule has 2 aromatic rings. The van der Waals surface area contributed by atoms with Crippen LogP contribution in [0, 0.1) is 0 Å². The molecular weight excluding hydrogens is 206 g/mol. The van der Waals surface area contributed by atoms with Crippen LogP contribution in [0.5, 0.6) is 0 Å². The predicted molar refractivity (Wildman–Crippen MR) is 62.0 cm³/mol. The Bertz CT molecular complexity index is 533. The molecule has 84 valence electrons. The molecule has 0 aliphatic heterocycles. The number of aromatic amines is 1. The van der Waals surface area contributed by atoms with Crippen LogP contribution in [-0.2, 0) is 11.2 Å². The number of aliphatic carboxylic acids is 1. The van der Waals surface area contributed by atoms with Crippen LogP contribution in [0.2, 0.25) is 0 Å². The van der Waals surface area contributed by atoms with Crippen LogP contribution >= 0.6 is 0 Å². The molecule has 2 rings (SSSR count). The van der Waals surface area contributed by atoms with Crippen LogP contribution in [0.1, 0.15) is 5.56 Å². The number of fused-ring (bicyclic) bond motifs is 1. The van der Waals surface area contributed by atoms with Gasteiger partial charge in [-0.15, -0.1) is 0 Å². The van der Waals surface area contributed by atoms with Crippen molar-refractivity contribution in [2.24, 2.45) is 5.73 Å². The molecule has 0 saturated heterocycles. The zero-order valence-electron chi connectivity index (χ0n) is 8.60. The normalized spacial score (nSPS) is 12.8. The van der Waals surface area contributed by atoms with E-state index in [0.29, 0.717) is 5.69 Å². The third-order valence-corrected chi connectivity index (χ3v) is 2.58. The highest BCUT2D eigenvalue weighted by molar-refractivity contribution is 5.94. The number of rotatable bonds is 3. The highest BCUT2D eigenvalue weighted by Crippen LogP contribution is 2.25. The van der Waals surface area contributed by atoms with Crippen molar-refractivity contribution in [2.45, 2.75) is 12.5 Å². The average Bonchev–Trinajstić information content (AvgIpc) is 2.63. The third-order valence-electron chi connectivity index (χ3n) is 2.58. The number of nitrogen functional groups attached to an aromatic ring is 1. The van der Waals surface area contributed by atoms with Crippen molar-refractivity contribution < 1.29 is 9.90 Å². The number of carboxylic acid groups (broad SMARTS) is 1. The van der Waals surface area contributed by atoms with Crippen molar-refractivity contribution in [3.63, 3.8) is 0 Å². The monoisotopic (exact) mass is 219 g/mol. The molecule has 5 heteroatoms. The highest BCUT2D eigenvalue weighted by Gasteiger charge is 2.15. The second kappa shape index (κ2) is 3.86. The number of nitrogens with one attached hydrogen (secondary N) is 1. The van der Waals surface area contributed by atoms with Crippen molar-refractivity contribution in [1.82, 2.24) is 4.98 Å². The second-order valence-electron chi connectivity index (χ2n) is 3.73. The molecule has 0 bridgehead atoms. The molecular formula is C11H13N3O2. The van der Waals surface area contributed by atoms with E-state index in [1.54, 1.807) is 12.3 Å². The molecule has 5 nitrogen and oxygen atoms in total. The molecule has 0 unspecified atom stereocenters. The van der Waals surface area contributed by atoms with E-state index >= 15 is 0 Å². The highest BCUT2D eigenvalue weighted by atomic mass is 16.4. The van der Waals surface area contributed by atoms with Gasteiger partial charge in [0.1, 0.15) is 6.04 Å². The Kier molecular flexibility index (Phi) is 2.54. The van der Waals surface area contributed by atoms with Gasteiger partial charge >= 0.3 is 5.97 Å². The third kappa shape index (κ3) is 1.72. The molecule has 0 aliphatic carbocycles. The fraction of sp³-hybridized carbons (Fsp3) is 0.182. The first-order valence-electron chi connectivity index (χ1n) is 4.92. The van der Waals surface area contributed by atoms with Crippen LogP contribution < -0.4 is 11.5 Å². The van der Waals surface area contributed by atoms with Crippen LogP contribution in [0.25, 0.3) is 10.9 Å². The van der Waals surface area contributed by atoms with E-state index in [4.69, 9.17) is 16.6 Å². The Morgan fingerprint density at radius 2 is 2.25 bits per heavy atom. The van der Waals surface area contributed by atoms with Crippen LogP contribution in [0.3, 0.4) is 0 Å². The van der Waals surface area contributed by atoms with Crippen molar-refractivity contribution in [3.05, 3.63) is 30.0 Å². The minimum Gasteiger partial charge on any atom is -0.480 e. The maximum Gasteiger partial charge on any atom is 0.320 e. The zero-order valence-corrected chi connectivity index (χ0v) is 8.60. The summed E-state index contributed by atoms with van der Waals surface area (Å²) in [6, 6.07) is 4.61. The van der Waals surface area contributed by atoms with Crippen LogP contribution in [0.4, 0.5) is 5.69 Å². The fourth-order valence-corrected chi connectivity index (χ4v) is 1.77. The average molecular weight is 219 g/mol. The second-order valence-corrected chi connectivity index (χ2v) is 3.73. The number of H-pyrrole nitrogens is 1. The van der Waals surface area contributed by atoms with E-state index in [1.807, 2.05) is 12.1 Å². The van der Waals surface area contributed by atoms with Gasteiger partial charge in [0.05, 0.1) is 0 Å². The lowest BCUT2D eigenvalue weighted by Crippen LogP contribution is -2.32. The van der Waals surface area contributed by atoms with Gasteiger partial charge in [-0.05, 0) is 17.7 Å². The minimum atomic E-state index is -1.01. The first kappa shape index (κ1) is 10.5. The molecule has 16 heavy (non-hydrogen) atoms. The molecule has 1 heterocycles. The number of anilines is 1. The molecule has 0 fully saturated rings. The van der Waals surface area contributed by atoms with E-state index in [0.717, 1.165) is 16.5 Å². The Labute approximate surface area is 92.1 Å².